The molecule has 0 saturated carbocycles. The van der Waals surface area contributed by atoms with Gasteiger partial charge in [0, 0.05) is 34.2 Å². The van der Waals surface area contributed by atoms with Gasteiger partial charge in [-0.3, -0.25) is 0 Å². The minimum absolute atomic E-state index is 0.112. The molecule has 0 atom stereocenters. The molecular weight excluding hydrogens is 443 g/mol. The highest BCUT2D eigenvalue weighted by Crippen LogP contribution is 2.34. The van der Waals surface area contributed by atoms with Crippen LogP contribution < -0.4 is 10.1 Å². The molecular formula is C22H17ClF3N5O. The lowest BCUT2D eigenvalue weighted by atomic mass is 10.1. The number of ether oxygens (including phenoxy) is 1. The first-order valence-corrected chi connectivity index (χ1v) is 9.80. The first kappa shape index (κ1) is 21.6. The Kier molecular flexibility index (Phi) is 5.75. The normalized spacial score (nSPS) is 11.4. The fourth-order valence-corrected chi connectivity index (χ4v) is 3.19. The molecule has 0 aliphatic heterocycles. The zero-order chi connectivity index (χ0) is 22.9. The summed E-state index contributed by atoms with van der Waals surface area (Å²) < 4.78 is 45.8. The summed E-state index contributed by atoms with van der Waals surface area (Å²) in [7, 11) is 1.50. The number of halogens is 4. The Balaban J connectivity index is 1.72. The number of alkyl halides is 3. The molecule has 0 spiro atoms. The number of imidazole rings is 1. The molecule has 6 nitrogen and oxygen atoms in total. The van der Waals surface area contributed by atoms with Gasteiger partial charge in [0.1, 0.15) is 11.6 Å². The average Bonchev–Trinajstić information content (AvgIpc) is 3.19. The number of methoxy groups -OCH3 is 1. The van der Waals surface area contributed by atoms with E-state index in [2.05, 4.69) is 25.3 Å². The number of H-pyrrole nitrogens is 1. The van der Waals surface area contributed by atoms with Gasteiger partial charge in [0.05, 0.1) is 18.4 Å². The number of nitrogens with one attached hydrogen (secondary N) is 2. The predicted octanol–water partition coefficient (Wildman–Crippen LogP) is 6.27. The van der Waals surface area contributed by atoms with Crippen LogP contribution in [0.25, 0.3) is 22.6 Å². The number of aromatic amines is 1. The average molecular weight is 460 g/mol. The van der Waals surface area contributed by atoms with Crippen LogP contribution in [0, 0.1) is 6.92 Å². The number of hydrogen-bond acceptors (Lipinski definition) is 5. The number of aryl methyl sites for hydroxylation is 1. The van der Waals surface area contributed by atoms with Crippen molar-refractivity contribution < 1.29 is 17.9 Å². The Morgan fingerprint density at radius 1 is 1.03 bits per heavy atom. The highest BCUT2D eigenvalue weighted by molar-refractivity contribution is 6.30. The topological polar surface area (TPSA) is 75.7 Å². The van der Waals surface area contributed by atoms with E-state index in [1.54, 1.807) is 48.7 Å². The number of benzene rings is 2. The van der Waals surface area contributed by atoms with Gasteiger partial charge in [0.15, 0.2) is 5.69 Å². The molecule has 2 aromatic heterocycles. The van der Waals surface area contributed by atoms with Crippen molar-refractivity contribution in [3.8, 4) is 28.4 Å². The molecule has 0 saturated heterocycles. The maximum absolute atomic E-state index is 13.5. The van der Waals surface area contributed by atoms with Gasteiger partial charge in [0.25, 0.3) is 0 Å². The maximum atomic E-state index is 13.5. The molecule has 10 heteroatoms. The molecule has 32 heavy (non-hydrogen) atoms. The third kappa shape index (κ3) is 4.67. The van der Waals surface area contributed by atoms with E-state index in [1.165, 1.54) is 7.11 Å². The lowest BCUT2D eigenvalue weighted by molar-refractivity contribution is -0.141. The van der Waals surface area contributed by atoms with Crippen molar-refractivity contribution in [2.24, 2.45) is 0 Å². The Bertz CT molecular complexity index is 1260. The van der Waals surface area contributed by atoms with Crippen LogP contribution in [0.15, 0.2) is 54.7 Å². The summed E-state index contributed by atoms with van der Waals surface area (Å²) in [6.07, 6.45) is -2.95. The summed E-state index contributed by atoms with van der Waals surface area (Å²) in [5.74, 6) is 0.897. The molecule has 4 rings (SSSR count). The molecule has 164 valence electrons. The van der Waals surface area contributed by atoms with Gasteiger partial charge in [-0.05, 0) is 37.3 Å². The Morgan fingerprint density at radius 2 is 1.78 bits per heavy atom. The van der Waals surface area contributed by atoms with Crippen molar-refractivity contribution in [2.75, 3.05) is 12.4 Å². The second-order valence-electron chi connectivity index (χ2n) is 6.92. The summed E-state index contributed by atoms with van der Waals surface area (Å²) in [5.41, 5.74) is 1.58. The van der Waals surface area contributed by atoms with E-state index in [9.17, 15) is 13.2 Å². The maximum Gasteiger partial charge on any atom is 0.433 e. The van der Waals surface area contributed by atoms with Crippen LogP contribution in [-0.2, 0) is 6.18 Å². The third-order valence-corrected chi connectivity index (χ3v) is 4.82. The van der Waals surface area contributed by atoms with E-state index in [4.69, 9.17) is 16.3 Å². The van der Waals surface area contributed by atoms with E-state index >= 15 is 0 Å². The largest absolute Gasteiger partial charge is 0.496 e. The summed E-state index contributed by atoms with van der Waals surface area (Å²) in [5, 5.41) is 3.31. The Hall–Kier alpha value is -3.59. The van der Waals surface area contributed by atoms with Crippen molar-refractivity contribution in [3.63, 3.8) is 0 Å². The van der Waals surface area contributed by atoms with Crippen LogP contribution in [-0.4, -0.2) is 27.0 Å². The van der Waals surface area contributed by atoms with Crippen molar-refractivity contribution >= 4 is 23.2 Å². The van der Waals surface area contributed by atoms with Gasteiger partial charge in [-0.15, -0.1) is 0 Å². The Labute approximate surface area is 186 Å². The van der Waals surface area contributed by atoms with Crippen LogP contribution in [0.2, 0.25) is 5.02 Å². The van der Waals surface area contributed by atoms with E-state index in [1.807, 2.05) is 6.92 Å². The highest BCUT2D eigenvalue weighted by Gasteiger charge is 2.34. The van der Waals surface area contributed by atoms with Crippen molar-refractivity contribution in [3.05, 3.63) is 71.1 Å². The molecule has 0 bridgehead atoms. The minimum atomic E-state index is -4.64. The number of aromatic nitrogens is 4. The molecule has 0 aliphatic carbocycles. The van der Waals surface area contributed by atoms with Gasteiger partial charge in [-0.25, -0.2) is 15.0 Å². The van der Waals surface area contributed by atoms with E-state index in [0.29, 0.717) is 33.4 Å². The van der Waals surface area contributed by atoms with Crippen LogP contribution in [0.4, 0.5) is 24.8 Å². The highest BCUT2D eigenvalue weighted by atomic mass is 35.5. The molecule has 2 N–H and O–H groups in total. The van der Waals surface area contributed by atoms with Crippen LogP contribution in [0.3, 0.4) is 0 Å². The molecule has 0 radical (unpaired) electrons. The van der Waals surface area contributed by atoms with Gasteiger partial charge in [-0.1, -0.05) is 23.7 Å². The molecule has 4 aromatic rings. The van der Waals surface area contributed by atoms with E-state index < -0.39 is 11.9 Å². The molecule has 0 aliphatic rings. The van der Waals surface area contributed by atoms with Gasteiger partial charge >= 0.3 is 6.18 Å². The lowest BCUT2D eigenvalue weighted by Gasteiger charge is -2.13. The summed E-state index contributed by atoms with van der Waals surface area (Å²) >= 11 is 5.88. The zero-order valence-corrected chi connectivity index (χ0v) is 17.7. The summed E-state index contributed by atoms with van der Waals surface area (Å²) in [6, 6.07) is 12.3. The second kappa shape index (κ2) is 8.51. The first-order chi connectivity index (χ1) is 15.2. The monoisotopic (exact) mass is 459 g/mol. The Morgan fingerprint density at radius 3 is 2.41 bits per heavy atom. The quantitative estimate of drug-likeness (QED) is 0.368. The third-order valence-electron chi connectivity index (χ3n) is 4.57. The standard InChI is InChI=1S/C22H17ClF3N5O/c1-12-11-27-20(28-12)16-8-7-15(9-18(16)32-2)29-21-30-17(10-19(31-21)22(24,25)26)13-3-5-14(23)6-4-13/h3-11H,1-2H3,(H,27,28)(H,29,30,31). The van der Waals surface area contributed by atoms with Crippen LogP contribution >= 0.6 is 11.6 Å². The molecule has 0 unspecified atom stereocenters. The van der Waals surface area contributed by atoms with Crippen molar-refractivity contribution in [1.29, 1.82) is 0 Å². The van der Waals surface area contributed by atoms with E-state index in [0.717, 1.165) is 11.8 Å². The molecule has 0 fully saturated rings. The van der Waals surface area contributed by atoms with Crippen LogP contribution in [0.5, 0.6) is 5.75 Å². The van der Waals surface area contributed by atoms with Crippen molar-refractivity contribution in [1.82, 2.24) is 19.9 Å². The summed E-state index contributed by atoms with van der Waals surface area (Å²) in [6.45, 7) is 1.88. The fourth-order valence-electron chi connectivity index (χ4n) is 3.06. The van der Waals surface area contributed by atoms with E-state index in [-0.39, 0.29) is 11.6 Å². The second-order valence-corrected chi connectivity index (χ2v) is 7.36. The van der Waals surface area contributed by atoms with Crippen LogP contribution in [0.1, 0.15) is 11.4 Å². The van der Waals surface area contributed by atoms with Gasteiger partial charge in [-0.2, -0.15) is 13.2 Å². The predicted molar refractivity (Wildman–Crippen MR) is 116 cm³/mol. The fraction of sp³-hybridized carbons (Fsp3) is 0.136. The lowest BCUT2D eigenvalue weighted by Crippen LogP contribution is -2.11. The number of nitrogens with zero attached hydrogens (tertiary/aromatic N) is 3. The van der Waals surface area contributed by atoms with Crippen molar-refractivity contribution in [2.45, 2.75) is 13.1 Å². The molecule has 2 heterocycles. The smallest absolute Gasteiger partial charge is 0.433 e. The first-order valence-electron chi connectivity index (χ1n) is 9.42. The number of hydrogen-bond donors (Lipinski definition) is 2. The van der Waals surface area contributed by atoms with Gasteiger partial charge in [0.2, 0.25) is 5.95 Å². The zero-order valence-electron chi connectivity index (χ0n) is 17.0. The number of rotatable bonds is 5. The molecule has 0 amide bonds. The minimum Gasteiger partial charge on any atom is -0.496 e. The summed E-state index contributed by atoms with van der Waals surface area (Å²) in [4.78, 5) is 15.3. The number of anilines is 2. The van der Waals surface area contributed by atoms with Gasteiger partial charge < -0.3 is 15.0 Å². The molecule has 2 aromatic carbocycles. The SMILES string of the molecule is COc1cc(Nc2nc(-c3ccc(Cl)cc3)cc(C(F)(F)F)n2)ccc1-c1ncc(C)[nH]1.